The Morgan fingerprint density at radius 3 is 2.17 bits per heavy atom. The monoisotopic (exact) mass is 424 g/mol. The minimum Gasteiger partial charge on any atom is -0.338 e. The van der Waals surface area contributed by atoms with Crippen LogP contribution in [0.4, 0.5) is 18.9 Å². The van der Waals surface area contributed by atoms with Crippen LogP contribution < -0.4 is 10.6 Å². The van der Waals surface area contributed by atoms with E-state index in [1.54, 1.807) is 18.2 Å². The Morgan fingerprint density at radius 2 is 1.62 bits per heavy atom. The summed E-state index contributed by atoms with van der Waals surface area (Å²) in [6.45, 7) is 4.33. The maximum atomic E-state index is 13.7. The van der Waals surface area contributed by atoms with Crippen molar-refractivity contribution in [3.05, 3.63) is 65.7 Å². The van der Waals surface area contributed by atoms with E-state index < -0.39 is 22.9 Å². The Balaban J connectivity index is 1.97. The summed E-state index contributed by atoms with van der Waals surface area (Å²) in [5.41, 5.74) is -0.916. The number of aryl methyl sites for hydroxylation is 1. The fraction of sp³-hybridized carbons (Fsp3) is 0.333. The molecule has 2 atom stereocenters. The lowest BCUT2D eigenvalue weighted by Gasteiger charge is -2.34. The topological polar surface area (TPSA) is 58.2 Å². The van der Waals surface area contributed by atoms with Gasteiger partial charge < -0.3 is 10.6 Å². The van der Waals surface area contributed by atoms with Crippen molar-refractivity contribution in [3.8, 4) is 0 Å². The van der Waals surface area contributed by atoms with Crippen LogP contribution in [0.2, 0.25) is 0 Å². The lowest BCUT2D eigenvalue weighted by atomic mass is 9.91. The highest BCUT2D eigenvalue weighted by Gasteiger charge is 2.53. The summed E-state index contributed by atoms with van der Waals surface area (Å²) in [6, 6.07) is 14.4. The molecular weight excluding hydrogens is 401 g/mol. The summed E-state index contributed by atoms with van der Waals surface area (Å²) in [4.78, 5) is 24.5. The van der Waals surface area contributed by atoms with Crippen molar-refractivity contribution in [3.63, 3.8) is 0 Å². The van der Waals surface area contributed by atoms with Gasteiger partial charge in [0.1, 0.15) is 0 Å². The first kappa shape index (κ1) is 22.8. The van der Waals surface area contributed by atoms with Gasteiger partial charge in [0.2, 0.25) is 11.8 Å². The predicted octanol–water partition coefficient (Wildman–Crippen LogP) is 4.65. The molecule has 0 aromatic heterocycles. The van der Waals surface area contributed by atoms with Gasteiger partial charge in [-0.25, -0.2) is 0 Å². The second kappa shape index (κ2) is 9.35. The van der Waals surface area contributed by atoms with Crippen LogP contribution in [0.15, 0.2) is 54.6 Å². The van der Waals surface area contributed by atoms with E-state index >= 15 is 0 Å². The van der Waals surface area contributed by atoms with Crippen molar-refractivity contribution in [2.24, 2.45) is 0 Å². The highest BCUT2D eigenvalue weighted by atomic mass is 32.2. The van der Waals surface area contributed by atoms with E-state index in [1.165, 1.54) is 31.2 Å². The largest absolute Gasteiger partial charge is 0.415 e. The number of carbonyl (C=O) groups is 2. The van der Waals surface area contributed by atoms with E-state index in [1.807, 2.05) is 19.1 Å². The maximum Gasteiger partial charge on any atom is 0.415 e. The quantitative estimate of drug-likeness (QED) is 0.680. The number of thioether (sulfide) groups is 1. The van der Waals surface area contributed by atoms with E-state index in [9.17, 15) is 22.8 Å². The van der Waals surface area contributed by atoms with Crippen molar-refractivity contribution in [1.82, 2.24) is 5.32 Å². The Kier molecular flexibility index (Phi) is 7.35. The van der Waals surface area contributed by atoms with E-state index in [0.29, 0.717) is 5.69 Å². The van der Waals surface area contributed by atoms with Crippen molar-refractivity contribution in [1.29, 1.82) is 0 Å². The maximum absolute atomic E-state index is 13.7. The first-order valence-electron chi connectivity index (χ1n) is 8.95. The van der Waals surface area contributed by atoms with Crippen LogP contribution in [0.1, 0.15) is 25.0 Å². The first-order chi connectivity index (χ1) is 13.5. The van der Waals surface area contributed by atoms with Crippen molar-refractivity contribution in [2.75, 3.05) is 11.1 Å². The number of amides is 2. The summed E-state index contributed by atoms with van der Waals surface area (Å²) in [6.07, 6.45) is -4.68. The molecule has 0 bridgehead atoms. The van der Waals surface area contributed by atoms with Gasteiger partial charge in [0, 0.05) is 5.69 Å². The lowest BCUT2D eigenvalue weighted by Crippen LogP contribution is -2.55. The van der Waals surface area contributed by atoms with Crippen LogP contribution >= 0.6 is 11.8 Å². The third-order valence-corrected chi connectivity index (χ3v) is 5.60. The van der Waals surface area contributed by atoms with Gasteiger partial charge in [-0.2, -0.15) is 13.2 Å². The van der Waals surface area contributed by atoms with E-state index in [0.717, 1.165) is 24.2 Å². The van der Waals surface area contributed by atoms with Gasteiger partial charge in [-0.3, -0.25) is 9.59 Å². The molecule has 156 valence electrons. The molecule has 0 aliphatic heterocycles. The number of benzene rings is 2. The zero-order valence-electron chi connectivity index (χ0n) is 16.3. The van der Waals surface area contributed by atoms with E-state index in [2.05, 4.69) is 10.6 Å². The Bertz CT molecular complexity index is 841. The number of halogens is 3. The summed E-state index contributed by atoms with van der Waals surface area (Å²) < 4.78 is 41.1. The molecule has 29 heavy (non-hydrogen) atoms. The molecule has 0 spiro atoms. The summed E-state index contributed by atoms with van der Waals surface area (Å²) in [7, 11) is 0. The molecule has 4 nitrogen and oxygen atoms in total. The number of anilines is 1. The SMILES string of the molecule is Cc1ccc(NC(=O)CS[C@@H](C)C(=O)N[C@@](C)(c2ccccc2)C(F)(F)F)cc1. The molecule has 0 radical (unpaired) electrons. The fourth-order valence-electron chi connectivity index (χ4n) is 2.54. The van der Waals surface area contributed by atoms with Crippen LogP contribution in [0.3, 0.4) is 0 Å². The zero-order chi connectivity index (χ0) is 21.7. The Hall–Kier alpha value is -2.48. The van der Waals surface area contributed by atoms with Gasteiger partial charge in [0.05, 0.1) is 11.0 Å². The molecule has 8 heteroatoms. The average molecular weight is 424 g/mol. The van der Waals surface area contributed by atoms with Gasteiger partial charge in [0.15, 0.2) is 5.54 Å². The number of alkyl halides is 3. The standard InChI is InChI=1S/C21H23F3N2O2S/c1-14-9-11-17(12-10-14)25-18(27)13-29-15(2)19(28)26-20(3,21(22,23)24)16-7-5-4-6-8-16/h4-12,15H,13H2,1-3H3,(H,25,27)(H,26,28)/t15-,20-/m0/s1. The molecule has 0 aliphatic rings. The number of carbonyl (C=O) groups excluding carboxylic acids is 2. The minimum atomic E-state index is -4.68. The fourth-order valence-corrected chi connectivity index (χ4v) is 3.22. The predicted molar refractivity (Wildman–Crippen MR) is 110 cm³/mol. The summed E-state index contributed by atoms with van der Waals surface area (Å²) >= 11 is 0.970. The second-order valence-corrected chi connectivity index (χ2v) is 8.17. The van der Waals surface area contributed by atoms with Gasteiger partial charge in [-0.05, 0) is 38.5 Å². The third-order valence-electron chi connectivity index (χ3n) is 4.46. The molecule has 0 unspecified atom stereocenters. The molecule has 2 N–H and O–H groups in total. The van der Waals surface area contributed by atoms with E-state index in [-0.39, 0.29) is 17.2 Å². The normalized spacial score (nSPS) is 14.6. The molecule has 2 aromatic rings. The third kappa shape index (κ3) is 6.00. The number of nitrogens with one attached hydrogen (secondary N) is 2. The van der Waals surface area contributed by atoms with Crippen LogP contribution in [-0.4, -0.2) is 29.0 Å². The second-order valence-electron chi connectivity index (χ2n) is 6.85. The molecule has 0 saturated heterocycles. The minimum absolute atomic E-state index is 0.0590. The molecular formula is C21H23F3N2O2S. The molecule has 2 amide bonds. The summed E-state index contributed by atoms with van der Waals surface area (Å²) in [5, 5.41) is 3.96. The number of hydrogen-bond acceptors (Lipinski definition) is 3. The highest BCUT2D eigenvalue weighted by molar-refractivity contribution is 8.01. The van der Waals surface area contributed by atoms with Gasteiger partial charge in [-0.15, -0.1) is 11.8 Å². The number of hydrogen-bond donors (Lipinski definition) is 2. The van der Waals surface area contributed by atoms with Crippen LogP contribution in [0, 0.1) is 6.92 Å². The smallest absolute Gasteiger partial charge is 0.338 e. The first-order valence-corrected chi connectivity index (χ1v) is 10.00. The van der Waals surface area contributed by atoms with Gasteiger partial charge in [-0.1, -0.05) is 48.0 Å². The molecule has 2 aromatic carbocycles. The van der Waals surface area contributed by atoms with Crippen molar-refractivity contribution >= 4 is 29.3 Å². The Morgan fingerprint density at radius 1 is 1.03 bits per heavy atom. The van der Waals surface area contributed by atoms with E-state index in [4.69, 9.17) is 0 Å². The van der Waals surface area contributed by atoms with Crippen molar-refractivity contribution in [2.45, 2.75) is 37.7 Å². The average Bonchev–Trinajstić information content (AvgIpc) is 2.67. The van der Waals surface area contributed by atoms with Crippen molar-refractivity contribution < 1.29 is 22.8 Å². The number of rotatable bonds is 7. The van der Waals surface area contributed by atoms with Crippen LogP contribution in [0.5, 0.6) is 0 Å². The van der Waals surface area contributed by atoms with Crippen LogP contribution in [0.25, 0.3) is 0 Å². The zero-order valence-corrected chi connectivity index (χ0v) is 17.2. The molecule has 0 fully saturated rings. The molecule has 0 heterocycles. The molecule has 0 aliphatic carbocycles. The van der Waals surface area contributed by atoms with Crippen LogP contribution in [-0.2, 0) is 15.1 Å². The van der Waals surface area contributed by atoms with Gasteiger partial charge >= 0.3 is 6.18 Å². The molecule has 0 saturated carbocycles. The molecule has 2 rings (SSSR count). The van der Waals surface area contributed by atoms with Gasteiger partial charge in [0.25, 0.3) is 0 Å². The summed E-state index contributed by atoms with van der Waals surface area (Å²) in [5.74, 6) is -1.18. The lowest BCUT2D eigenvalue weighted by molar-refractivity contribution is -0.197. The highest BCUT2D eigenvalue weighted by Crippen LogP contribution is 2.38. The Labute approximate surface area is 172 Å².